The van der Waals surface area contributed by atoms with E-state index in [-0.39, 0.29) is 6.10 Å². The molecule has 0 spiro atoms. The van der Waals surface area contributed by atoms with Crippen LogP contribution in [0.1, 0.15) is 31.4 Å². The van der Waals surface area contributed by atoms with Gasteiger partial charge in [0.05, 0.1) is 12.7 Å². The first-order chi connectivity index (χ1) is 8.69. The fraction of sp³-hybridized carbons (Fsp3) is 0.571. The zero-order valence-corrected chi connectivity index (χ0v) is 12.6. The van der Waals surface area contributed by atoms with E-state index >= 15 is 0 Å². The molecule has 1 rings (SSSR count). The Morgan fingerprint density at radius 3 is 2.72 bits per heavy atom. The lowest BCUT2D eigenvalue weighted by Crippen LogP contribution is -2.26. The molecule has 0 heterocycles. The molecule has 2 unspecified atom stereocenters. The first-order valence-corrected chi connectivity index (χ1v) is 7.13. The van der Waals surface area contributed by atoms with Crippen LogP contribution in [0.15, 0.2) is 28.7 Å². The predicted octanol–water partition coefficient (Wildman–Crippen LogP) is 2.89. The van der Waals surface area contributed by atoms with E-state index in [1.54, 1.807) is 7.11 Å². The third-order valence-electron chi connectivity index (χ3n) is 2.92. The number of nitrogens with one attached hydrogen (secondary N) is 1. The van der Waals surface area contributed by atoms with Crippen molar-refractivity contribution in [1.29, 1.82) is 0 Å². The maximum atomic E-state index is 9.59. The molecule has 0 aliphatic carbocycles. The average Bonchev–Trinajstić information content (AvgIpc) is 2.36. The summed E-state index contributed by atoms with van der Waals surface area (Å²) in [5.41, 5.74) is 1.27. The lowest BCUT2D eigenvalue weighted by Gasteiger charge is -2.19. The summed E-state index contributed by atoms with van der Waals surface area (Å²) in [6.07, 6.45) is 1.33. The van der Waals surface area contributed by atoms with Crippen molar-refractivity contribution >= 4 is 15.9 Å². The lowest BCUT2D eigenvalue weighted by molar-refractivity contribution is 0.0589. The average molecular weight is 316 g/mol. The normalized spacial score (nSPS) is 14.4. The molecule has 2 N–H and O–H groups in total. The number of hydrogen-bond donors (Lipinski definition) is 2. The Bertz CT molecular complexity index is 346. The summed E-state index contributed by atoms with van der Waals surface area (Å²) in [5, 5.41) is 13.1. The molecule has 0 amide bonds. The van der Waals surface area contributed by atoms with Crippen molar-refractivity contribution in [3.63, 3.8) is 0 Å². The van der Waals surface area contributed by atoms with Crippen LogP contribution in [-0.2, 0) is 4.74 Å². The van der Waals surface area contributed by atoms with Crippen LogP contribution in [0.25, 0.3) is 0 Å². The van der Waals surface area contributed by atoms with Gasteiger partial charge < -0.3 is 15.2 Å². The smallest absolute Gasteiger partial charge is 0.0785 e. The first-order valence-electron chi connectivity index (χ1n) is 6.33. The standard InChI is InChI=1S/C14H22BrNO2/c1-3-14(12-6-4-5-7-13(12)15)16-9-8-11(17)10-18-2/h4-7,11,14,16-17H,3,8-10H2,1-2H3. The Balaban J connectivity index is 2.46. The third kappa shape index (κ3) is 5.06. The van der Waals surface area contributed by atoms with Gasteiger partial charge in [-0.15, -0.1) is 0 Å². The minimum atomic E-state index is -0.390. The molecule has 4 heteroatoms. The zero-order valence-electron chi connectivity index (χ0n) is 11.0. The van der Waals surface area contributed by atoms with E-state index in [0.29, 0.717) is 19.1 Å². The Labute approximate surface area is 118 Å². The maximum absolute atomic E-state index is 9.59. The van der Waals surface area contributed by atoms with E-state index in [2.05, 4.69) is 40.3 Å². The van der Waals surface area contributed by atoms with Gasteiger partial charge in [0.2, 0.25) is 0 Å². The highest BCUT2D eigenvalue weighted by Crippen LogP contribution is 2.25. The Kier molecular flexibility index (Phi) is 7.51. The van der Waals surface area contributed by atoms with Crippen LogP contribution >= 0.6 is 15.9 Å². The summed E-state index contributed by atoms with van der Waals surface area (Å²) in [5.74, 6) is 0. The zero-order chi connectivity index (χ0) is 13.4. The summed E-state index contributed by atoms with van der Waals surface area (Å²) in [7, 11) is 1.60. The quantitative estimate of drug-likeness (QED) is 0.775. The van der Waals surface area contributed by atoms with Gasteiger partial charge in [0, 0.05) is 17.6 Å². The fourth-order valence-corrected chi connectivity index (χ4v) is 2.49. The predicted molar refractivity (Wildman–Crippen MR) is 77.7 cm³/mol. The van der Waals surface area contributed by atoms with Gasteiger partial charge in [0.25, 0.3) is 0 Å². The minimum Gasteiger partial charge on any atom is -0.391 e. The van der Waals surface area contributed by atoms with E-state index in [1.165, 1.54) is 5.56 Å². The number of halogens is 1. The molecular weight excluding hydrogens is 294 g/mol. The van der Waals surface area contributed by atoms with Crippen molar-refractivity contribution in [3.05, 3.63) is 34.3 Å². The first kappa shape index (κ1) is 15.6. The summed E-state index contributed by atoms with van der Waals surface area (Å²) in [6, 6.07) is 8.55. The highest BCUT2D eigenvalue weighted by Gasteiger charge is 2.12. The number of aliphatic hydroxyl groups excluding tert-OH is 1. The molecule has 0 saturated heterocycles. The molecule has 102 valence electrons. The van der Waals surface area contributed by atoms with E-state index in [0.717, 1.165) is 17.4 Å². The van der Waals surface area contributed by atoms with Crippen LogP contribution in [0.2, 0.25) is 0 Å². The van der Waals surface area contributed by atoms with Gasteiger partial charge in [-0.1, -0.05) is 41.1 Å². The molecule has 0 aliphatic rings. The second-order valence-electron chi connectivity index (χ2n) is 4.33. The van der Waals surface area contributed by atoms with Crippen molar-refractivity contribution in [2.45, 2.75) is 31.9 Å². The van der Waals surface area contributed by atoms with Crippen LogP contribution in [-0.4, -0.2) is 31.5 Å². The second kappa shape index (κ2) is 8.64. The molecule has 3 nitrogen and oxygen atoms in total. The van der Waals surface area contributed by atoms with Crippen LogP contribution in [0.4, 0.5) is 0 Å². The summed E-state index contributed by atoms with van der Waals surface area (Å²) in [4.78, 5) is 0. The van der Waals surface area contributed by atoms with Crippen molar-refractivity contribution < 1.29 is 9.84 Å². The van der Waals surface area contributed by atoms with Gasteiger partial charge in [0.15, 0.2) is 0 Å². The van der Waals surface area contributed by atoms with Gasteiger partial charge in [-0.05, 0) is 31.0 Å². The fourth-order valence-electron chi connectivity index (χ4n) is 1.93. The number of hydrogen-bond acceptors (Lipinski definition) is 3. The molecule has 1 aromatic carbocycles. The van der Waals surface area contributed by atoms with Crippen LogP contribution < -0.4 is 5.32 Å². The maximum Gasteiger partial charge on any atom is 0.0785 e. The number of aliphatic hydroxyl groups is 1. The number of ether oxygens (including phenoxy) is 1. The highest BCUT2D eigenvalue weighted by molar-refractivity contribution is 9.10. The molecule has 0 saturated carbocycles. The van der Waals surface area contributed by atoms with Crippen LogP contribution in [0.5, 0.6) is 0 Å². The van der Waals surface area contributed by atoms with Crippen LogP contribution in [0.3, 0.4) is 0 Å². The van der Waals surface area contributed by atoms with Gasteiger partial charge in [-0.2, -0.15) is 0 Å². The van der Waals surface area contributed by atoms with E-state index in [4.69, 9.17) is 4.74 Å². The Morgan fingerprint density at radius 2 is 2.11 bits per heavy atom. The monoisotopic (exact) mass is 315 g/mol. The second-order valence-corrected chi connectivity index (χ2v) is 5.19. The Morgan fingerprint density at radius 1 is 1.39 bits per heavy atom. The molecule has 18 heavy (non-hydrogen) atoms. The summed E-state index contributed by atoms with van der Waals surface area (Å²) >= 11 is 3.57. The van der Waals surface area contributed by atoms with Crippen molar-refractivity contribution in [2.24, 2.45) is 0 Å². The number of benzene rings is 1. The van der Waals surface area contributed by atoms with Gasteiger partial charge in [-0.3, -0.25) is 0 Å². The number of rotatable bonds is 8. The summed E-state index contributed by atoms with van der Waals surface area (Å²) in [6.45, 7) is 3.33. The molecule has 2 atom stereocenters. The van der Waals surface area contributed by atoms with Crippen molar-refractivity contribution in [2.75, 3.05) is 20.3 Å². The molecular formula is C14H22BrNO2. The topological polar surface area (TPSA) is 41.5 Å². The van der Waals surface area contributed by atoms with E-state index in [9.17, 15) is 5.11 Å². The minimum absolute atomic E-state index is 0.315. The van der Waals surface area contributed by atoms with Gasteiger partial charge in [-0.25, -0.2) is 0 Å². The molecule has 0 radical (unpaired) electrons. The molecule has 0 fully saturated rings. The SMILES string of the molecule is CCC(NCCC(O)COC)c1ccccc1Br. The van der Waals surface area contributed by atoms with Gasteiger partial charge >= 0.3 is 0 Å². The molecule has 0 aromatic heterocycles. The third-order valence-corrected chi connectivity index (χ3v) is 3.64. The van der Waals surface area contributed by atoms with Crippen molar-refractivity contribution in [1.82, 2.24) is 5.32 Å². The van der Waals surface area contributed by atoms with Crippen LogP contribution in [0, 0.1) is 0 Å². The molecule has 0 bridgehead atoms. The molecule has 0 aliphatic heterocycles. The largest absolute Gasteiger partial charge is 0.391 e. The Hall–Kier alpha value is -0.420. The molecule has 1 aromatic rings. The van der Waals surface area contributed by atoms with Crippen molar-refractivity contribution in [3.8, 4) is 0 Å². The van der Waals surface area contributed by atoms with E-state index in [1.807, 2.05) is 12.1 Å². The van der Waals surface area contributed by atoms with E-state index < -0.39 is 0 Å². The highest BCUT2D eigenvalue weighted by atomic mass is 79.9. The summed E-state index contributed by atoms with van der Waals surface area (Å²) < 4.78 is 6.03. The number of methoxy groups -OCH3 is 1. The van der Waals surface area contributed by atoms with Gasteiger partial charge in [0.1, 0.15) is 0 Å². The lowest BCUT2D eigenvalue weighted by atomic mass is 10.0.